The molecule has 24 heavy (non-hydrogen) atoms. The van der Waals surface area contributed by atoms with Crippen molar-refractivity contribution < 1.29 is 9.59 Å². The van der Waals surface area contributed by atoms with Gasteiger partial charge in [-0.05, 0) is 49.6 Å². The molecule has 1 heterocycles. The lowest BCUT2D eigenvalue weighted by Gasteiger charge is -2.15. The van der Waals surface area contributed by atoms with Crippen molar-refractivity contribution in [3.8, 4) is 0 Å². The van der Waals surface area contributed by atoms with Gasteiger partial charge < -0.3 is 10.6 Å². The Kier molecular flexibility index (Phi) is 6.28. The summed E-state index contributed by atoms with van der Waals surface area (Å²) in [5.41, 5.74) is 5.91. The lowest BCUT2D eigenvalue weighted by molar-refractivity contribution is 0.0944. The first-order valence-electron chi connectivity index (χ1n) is 7.28. The van der Waals surface area contributed by atoms with Crippen LogP contribution in [-0.4, -0.2) is 23.0 Å². The fourth-order valence-corrected chi connectivity index (χ4v) is 2.77. The molecule has 0 atom stereocenters. The Hall–Kier alpha value is -2.45. The van der Waals surface area contributed by atoms with E-state index in [2.05, 4.69) is 21.5 Å². The number of benzene rings is 1. The van der Waals surface area contributed by atoms with Crippen molar-refractivity contribution in [1.82, 2.24) is 16.2 Å². The largest absolute Gasteiger partial charge is 0.359 e. The predicted molar refractivity (Wildman–Crippen MR) is 100 cm³/mol. The summed E-state index contributed by atoms with van der Waals surface area (Å²) >= 11 is 6.38. The minimum Gasteiger partial charge on any atom is -0.359 e. The van der Waals surface area contributed by atoms with Crippen LogP contribution >= 0.6 is 23.6 Å². The number of para-hydroxylation sites is 1. The normalized spacial score (nSPS) is 10.1. The number of anilines is 1. The number of thiophene rings is 1. The molecule has 0 radical (unpaired) electrons. The maximum Gasteiger partial charge on any atom is 0.271 e. The van der Waals surface area contributed by atoms with E-state index < -0.39 is 5.91 Å². The Balaban J connectivity index is 2.03. The average Bonchev–Trinajstić information content (AvgIpc) is 3.07. The van der Waals surface area contributed by atoms with Crippen molar-refractivity contribution in [3.63, 3.8) is 0 Å². The summed E-state index contributed by atoms with van der Waals surface area (Å²) in [6.07, 6.45) is 0. The van der Waals surface area contributed by atoms with E-state index in [0.717, 1.165) is 0 Å². The summed E-state index contributed by atoms with van der Waals surface area (Å²) in [4.78, 5) is 25.0. The van der Waals surface area contributed by atoms with Crippen LogP contribution in [0.1, 0.15) is 33.9 Å². The van der Waals surface area contributed by atoms with E-state index in [1.54, 1.807) is 36.4 Å². The minimum atomic E-state index is -0.398. The molecule has 126 valence electrons. The van der Waals surface area contributed by atoms with E-state index >= 15 is 0 Å². The molecule has 2 aromatic rings. The summed E-state index contributed by atoms with van der Waals surface area (Å²) in [5, 5.41) is 7.84. The van der Waals surface area contributed by atoms with Crippen LogP contribution in [0.2, 0.25) is 0 Å². The van der Waals surface area contributed by atoms with Crippen LogP contribution in [0.4, 0.5) is 5.69 Å². The summed E-state index contributed by atoms with van der Waals surface area (Å²) < 4.78 is 0. The molecule has 6 nitrogen and oxygen atoms in total. The summed E-state index contributed by atoms with van der Waals surface area (Å²) in [6, 6.07) is 10.4. The molecule has 0 saturated carbocycles. The monoisotopic (exact) mass is 362 g/mol. The van der Waals surface area contributed by atoms with E-state index in [1.807, 2.05) is 19.2 Å². The van der Waals surface area contributed by atoms with Gasteiger partial charge in [0, 0.05) is 6.04 Å². The minimum absolute atomic E-state index is 0.152. The number of thiocarbonyl (C=S) groups is 1. The average molecular weight is 362 g/mol. The van der Waals surface area contributed by atoms with Gasteiger partial charge in [0.1, 0.15) is 0 Å². The van der Waals surface area contributed by atoms with Gasteiger partial charge in [-0.2, -0.15) is 0 Å². The quantitative estimate of drug-likeness (QED) is 0.496. The van der Waals surface area contributed by atoms with Crippen LogP contribution in [0.25, 0.3) is 0 Å². The zero-order chi connectivity index (χ0) is 17.5. The second-order valence-corrected chi connectivity index (χ2v) is 6.54. The molecule has 0 aliphatic heterocycles. The molecule has 0 saturated heterocycles. The smallest absolute Gasteiger partial charge is 0.271 e. The second-order valence-electron chi connectivity index (χ2n) is 5.18. The van der Waals surface area contributed by atoms with Gasteiger partial charge in [-0.25, -0.2) is 0 Å². The number of carbonyl (C=O) groups excluding carboxylic acids is 2. The SMILES string of the molecule is CC(C)NC(=S)NNC(=O)c1ccccc1NC(=O)c1cccs1. The Bertz CT molecular complexity index is 729. The number of hydrogen-bond donors (Lipinski definition) is 4. The van der Waals surface area contributed by atoms with E-state index in [4.69, 9.17) is 12.2 Å². The fourth-order valence-electron chi connectivity index (χ4n) is 1.86. The topological polar surface area (TPSA) is 82.3 Å². The highest BCUT2D eigenvalue weighted by Gasteiger charge is 2.14. The van der Waals surface area contributed by atoms with E-state index in [-0.39, 0.29) is 11.9 Å². The second kappa shape index (κ2) is 8.42. The van der Waals surface area contributed by atoms with Gasteiger partial charge in [0.15, 0.2) is 5.11 Å². The standard InChI is InChI=1S/C16H18N4O2S2/c1-10(2)17-16(23)20-19-14(21)11-6-3-4-7-12(11)18-15(22)13-8-5-9-24-13/h3-10H,1-2H3,(H,18,22)(H,19,21)(H2,17,20,23). The van der Waals surface area contributed by atoms with Crippen molar-refractivity contribution in [2.45, 2.75) is 19.9 Å². The third-order valence-electron chi connectivity index (χ3n) is 2.87. The number of hydrogen-bond acceptors (Lipinski definition) is 4. The van der Waals surface area contributed by atoms with Gasteiger partial charge in [-0.3, -0.25) is 20.4 Å². The number of rotatable bonds is 4. The first-order valence-corrected chi connectivity index (χ1v) is 8.57. The highest BCUT2D eigenvalue weighted by molar-refractivity contribution is 7.80. The van der Waals surface area contributed by atoms with Crippen molar-refractivity contribution in [2.75, 3.05) is 5.32 Å². The molecule has 0 spiro atoms. The Labute approximate surface area is 149 Å². The van der Waals surface area contributed by atoms with Crippen LogP contribution in [0.5, 0.6) is 0 Å². The van der Waals surface area contributed by atoms with Gasteiger partial charge in [0.05, 0.1) is 16.1 Å². The third kappa shape index (κ3) is 5.04. The maximum atomic E-state index is 12.3. The van der Waals surface area contributed by atoms with Crippen LogP contribution in [0.3, 0.4) is 0 Å². The van der Waals surface area contributed by atoms with Gasteiger partial charge in [0.25, 0.3) is 11.8 Å². The summed E-state index contributed by atoms with van der Waals surface area (Å²) in [6.45, 7) is 3.87. The van der Waals surface area contributed by atoms with Crippen molar-refractivity contribution in [2.24, 2.45) is 0 Å². The molecule has 0 unspecified atom stereocenters. The molecule has 0 aliphatic carbocycles. The molecule has 0 bridgehead atoms. The van der Waals surface area contributed by atoms with E-state index in [1.165, 1.54) is 11.3 Å². The molecule has 1 aromatic heterocycles. The zero-order valence-corrected chi connectivity index (χ0v) is 14.9. The highest BCUT2D eigenvalue weighted by atomic mass is 32.1. The van der Waals surface area contributed by atoms with Crippen molar-refractivity contribution in [3.05, 3.63) is 52.2 Å². The summed E-state index contributed by atoms with van der Waals surface area (Å²) in [7, 11) is 0. The molecule has 0 aliphatic rings. The van der Waals surface area contributed by atoms with Gasteiger partial charge in [0.2, 0.25) is 0 Å². The third-order valence-corrected chi connectivity index (χ3v) is 3.96. The molecule has 8 heteroatoms. The van der Waals surface area contributed by atoms with Crippen molar-refractivity contribution in [1.29, 1.82) is 0 Å². The number of amides is 2. The maximum absolute atomic E-state index is 12.3. The molecule has 4 N–H and O–H groups in total. The van der Waals surface area contributed by atoms with Crippen LogP contribution in [0, 0.1) is 0 Å². The van der Waals surface area contributed by atoms with Crippen LogP contribution in [0.15, 0.2) is 41.8 Å². The lowest BCUT2D eigenvalue weighted by atomic mass is 10.1. The number of carbonyl (C=O) groups is 2. The first kappa shape index (κ1) is 17.9. The molecular weight excluding hydrogens is 344 g/mol. The van der Waals surface area contributed by atoms with Crippen LogP contribution in [-0.2, 0) is 0 Å². The molecule has 2 amide bonds. The number of hydrazine groups is 1. The van der Waals surface area contributed by atoms with E-state index in [9.17, 15) is 9.59 Å². The lowest BCUT2D eigenvalue weighted by Crippen LogP contribution is -2.48. The molecule has 2 rings (SSSR count). The van der Waals surface area contributed by atoms with Gasteiger partial charge in [-0.1, -0.05) is 18.2 Å². The predicted octanol–water partition coefficient (Wildman–Crippen LogP) is 2.52. The highest BCUT2D eigenvalue weighted by Crippen LogP contribution is 2.17. The summed E-state index contributed by atoms with van der Waals surface area (Å²) in [5.74, 6) is -0.653. The zero-order valence-electron chi connectivity index (χ0n) is 13.3. The fraction of sp³-hybridized carbons (Fsp3) is 0.188. The van der Waals surface area contributed by atoms with Gasteiger partial charge in [-0.15, -0.1) is 11.3 Å². The molecule has 1 aromatic carbocycles. The first-order chi connectivity index (χ1) is 11.5. The van der Waals surface area contributed by atoms with Gasteiger partial charge >= 0.3 is 0 Å². The Morgan fingerprint density at radius 3 is 2.46 bits per heavy atom. The number of nitrogens with one attached hydrogen (secondary N) is 4. The Morgan fingerprint density at radius 1 is 1.04 bits per heavy atom. The van der Waals surface area contributed by atoms with Crippen molar-refractivity contribution >= 4 is 46.2 Å². The van der Waals surface area contributed by atoms with Crippen LogP contribution < -0.4 is 21.5 Å². The molecule has 0 fully saturated rings. The Morgan fingerprint density at radius 2 is 1.79 bits per heavy atom. The molecular formula is C16H18N4O2S2. The van der Waals surface area contributed by atoms with E-state index in [0.29, 0.717) is 21.2 Å².